The first-order valence-electron chi connectivity index (χ1n) is 6.02. The highest BCUT2D eigenvalue weighted by atomic mass is 79.9. The Bertz CT molecular complexity index is 519. The Balaban J connectivity index is 2.18. The van der Waals surface area contributed by atoms with E-state index in [4.69, 9.17) is 11.6 Å². The number of rotatable bonds is 5. The quantitative estimate of drug-likeness (QED) is 0.639. The van der Waals surface area contributed by atoms with E-state index < -0.39 is 0 Å². The summed E-state index contributed by atoms with van der Waals surface area (Å²) < 4.78 is 2.90. The lowest BCUT2D eigenvalue weighted by atomic mass is 10.0. The molecule has 2 rings (SSSR count). The van der Waals surface area contributed by atoms with Gasteiger partial charge in [0.05, 0.1) is 0 Å². The first kappa shape index (κ1) is 15.5. The van der Waals surface area contributed by atoms with Gasteiger partial charge in [-0.1, -0.05) is 46.6 Å². The Morgan fingerprint density at radius 3 is 2.47 bits per heavy atom. The number of thiophene rings is 1. The van der Waals surface area contributed by atoms with Crippen molar-refractivity contribution in [3.63, 3.8) is 0 Å². The van der Waals surface area contributed by atoms with Gasteiger partial charge < -0.3 is 5.32 Å². The molecule has 102 valence electrons. The molecule has 2 aromatic rings. The zero-order valence-electron chi connectivity index (χ0n) is 10.4. The van der Waals surface area contributed by atoms with E-state index in [-0.39, 0.29) is 0 Å². The molecule has 5 heteroatoms. The summed E-state index contributed by atoms with van der Waals surface area (Å²) >= 11 is 14.7. The van der Waals surface area contributed by atoms with Crippen molar-refractivity contribution in [2.24, 2.45) is 0 Å². The molecule has 0 amide bonds. The average molecular weight is 424 g/mol. The molecule has 0 aliphatic rings. The topological polar surface area (TPSA) is 12.0 Å². The lowest BCUT2D eigenvalue weighted by Gasteiger charge is -2.16. The van der Waals surface area contributed by atoms with E-state index in [1.54, 1.807) is 11.3 Å². The van der Waals surface area contributed by atoms with Gasteiger partial charge in [-0.25, -0.2) is 0 Å². The fourth-order valence-electron chi connectivity index (χ4n) is 1.91. The van der Waals surface area contributed by atoms with Gasteiger partial charge in [0.15, 0.2) is 0 Å². The minimum absolute atomic E-state index is 0.306. The fourth-order valence-corrected chi connectivity index (χ4v) is 3.99. The molecule has 0 saturated heterocycles. The van der Waals surface area contributed by atoms with Crippen LogP contribution in [0.3, 0.4) is 0 Å². The van der Waals surface area contributed by atoms with Crippen LogP contribution in [0, 0.1) is 0 Å². The second kappa shape index (κ2) is 7.23. The molecule has 1 unspecified atom stereocenters. The summed E-state index contributed by atoms with van der Waals surface area (Å²) in [5, 5.41) is 3.52. The van der Waals surface area contributed by atoms with Crippen molar-refractivity contribution in [1.29, 1.82) is 0 Å². The number of nitrogens with one attached hydrogen (secondary N) is 1. The van der Waals surface area contributed by atoms with Gasteiger partial charge >= 0.3 is 0 Å². The third kappa shape index (κ3) is 4.30. The molecule has 0 fully saturated rings. The summed E-state index contributed by atoms with van der Waals surface area (Å²) in [5.74, 6) is 0. The van der Waals surface area contributed by atoms with Crippen LogP contribution in [0.25, 0.3) is 0 Å². The van der Waals surface area contributed by atoms with Crippen molar-refractivity contribution in [2.45, 2.75) is 19.4 Å². The fraction of sp³-hybridized carbons (Fsp3) is 0.286. The van der Waals surface area contributed by atoms with Crippen LogP contribution in [0.2, 0.25) is 4.34 Å². The van der Waals surface area contributed by atoms with Crippen LogP contribution >= 0.6 is 54.8 Å². The lowest BCUT2D eigenvalue weighted by Crippen LogP contribution is -2.22. The molecule has 0 saturated carbocycles. The predicted octanol–water partition coefficient (Wildman–Crippen LogP) is 5.82. The Labute approximate surface area is 139 Å². The normalized spacial score (nSPS) is 12.6. The highest BCUT2D eigenvalue weighted by molar-refractivity contribution is 9.10. The monoisotopic (exact) mass is 421 g/mol. The van der Waals surface area contributed by atoms with E-state index in [1.165, 1.54) is 10.4 Å². The molecule has 0 radical (unpaired) electrons. The molecule has 0 aliphatic carbocycles. The number of hydrogen-bond acceptors (Lipinski definition) is 2. The highest BCUT2D eigenvalue weighted by Gasteiger charge is 2.15. The smallest absolute Gasteiger partial charge is 0.107 e. The summed E-state index contributed by atoms with van der Waals surface area (Å²) in [4.78, 5) is 1.27. The second-order valence-corrected chi connectivity index (χ2v) is 7.67. The first-order valence-corrected chi connectivity index (χ1v) is 8.80. The molecule has 1 atom stereocenters. The van der Waals surface area contributed by atoms with E-state index in [9.17, 15) is 0 Å². The molecular weight excluding hydrogens is 409 g/mol. The molecule has 0 aliphatic heterocycles. The van der Waals surface area contributed by atoms with E-state index in [0.717, 1.165) is 26.2 Å². The maximum atomic E-state index is 6.14. The van der Waals surface area contributed by atoms with Crippen molar-refractivity contribution in [2.75, 3.05) is 6.54 Å². The van der Waals surface area contributed by atoms with Gasteiger partial charge in [-0.3, -0.25) is 0 Å². The van der Waals surface area contributed by atoms with Crippen LogP contribution in [0.1, 0.15) is 23.4 Å². The molecule has 19 heavy (non-hydrogen) atoms. The summed E-state index contributed by atoms with van der Waals surface area (Å²) in [6.45, 7) is 3.06. The Morgan fingerprint density at radius 1 is 1.26 bits per heavy atom. The Hall–Kier alpha value is 0.130. The maximum Gasteiger partial charge on any atom is 0.107 e. The van der Waals surface area contributed by atoms with Gasteiger partial charge in [0.2, 0.25) is 0 Å². The zero-order valence-corrected chi connectivity index (χ0v) is 15.2. The van der Waals surface area contributed by atoms with Crippen LogP contribution in [0.4, 0.5) is 0 Å². The summed E-state index contributed by atoms with van der Waals surface area (Å²) in [7, 11) is 0. The van der Waals surface area contributed by atoms with Crippen LogP contribution in [0.5, 0.6) is 0 Å². The zero-order chi connectivity index (χ0) is 13.8. The molecule has 1 N–H and O–H groups in total. The summed E-state index contributed by atoms with van der Waals surface area (Å²) in [6, 6.07) is 10.9. The van der Waals surface area contributed by atoms with Crippen LogP contribution in [-0.4, -0.2) is 6.54 Å². The summed E-state index contributed by atoms with van der Waals surface area (Å²) in [6.07, 6.45) is 0.963. The molecule has 1 nitrogen and oxygen atoms in total. The standard InChI is InChI=1S/C14H14Br2ClNS/c1-2-18-12(13-8-11(16)14(17)19-13)7-9-3-5-10(15)6-4-9/h3-6,8,12,18H,2,7H2,1H3. The van der Waals surface area contributed by atoms with E-state index in [0.29, 0.717) is 6.04 Å². The van der Waals surface area contributed by atoms with Crippen LogP contribution < -0.4 is 5.32 Å². The minimum atomic E-state index is 0.306. The largest absolute Gasteiger partial charge is 0.309 e. The predicted molar refractivity (Wildman–Crippen MR) is 91.3 cm³/mol. The van der Waals surface area contributed by atoms with E-state index in [2.05, 4.69) is 74.4 Å². The van der Waals surface area contributed by atoms with Gasteiger partial charge in [-0.05, 0) is 52.7 Å². The number of likely N-dealkylation sites (N-methyl/N-ethyl adjacent to an activating group) is 1. The highest BCUT2D eigenvalue weighted by Crippen LogP contribution is 2.36. The molecular formula is C14H14Br2ClNS. The third-order valence-corrected chi connectivity index (χ3v) is 5.93. The van der Waals surface area contributed by atoms with Gasteiger partial charge in [0.25, 0.3) is 0 Å². The van der Waals surface area contributed by atoms with Gasteiger partial charge in [0.1, 0.15) is 4.34 Å². The molecule has 1 aromatic heterocycles. The molecule has 1 heterocycles. The average Bonchev–Trinajstić information content (AvgIpc) is 2.72. The lowest BCUT2D eigenvalue weighted by molar-refractivity contribution is 0.558. The van der Waals surface area contributed by atoms with E-state index >= 15 is 0 Å². The first-order chi connectivity index (χ1) is 9.10. The van der Waals surface area contributed by atoms with Crippen molar-refractivity contribution < 1.29 is 0 Å². The van der Waals surface area contributed by atoms with Crippen molar-refractivity contribution >= 4 is 54.8 Å². The Morgan fingerprint density at radius 2 is 1.95 bits per heavy atom. The molecule has 0 bridgehead atoms. The number of halogens is 3. The van der Waals surface area contributed by atoms with Crippen molar-refractivity contribution in [1.82, 2.24) is 5.32 Å². The van der Waals surface area contributed by atoms with Crippen LogP contribution in [0.15, 0.2) is 39.3 Å². The number of benzene rings is 1. The second-order valence-electron chi connectivity index (χ2n) is 4.21. The van der Waals surface area contributed by atoms with Crippen molar-refractivity contribution in [3.8, 4) is 0 Å². The van der Waals surface area contributed by atoms with E-state index in [1.807, 2.05) is 0 Å². The third-order valence-electron chi connectivity index (χ3n) is 2.81. The maximum absolute atomic E-state index is 6.14. The van der Waals surface area contributed by atoms with Gasteiger partial charge in [-0.15, -0.1) is 11.3 Å². The number of hydrogen-bond donors (Lipinski definition) is 1. The summed E-state index contributed by atoms with van der Waals surface area (Å²) in [5.41, 5.74) is 1.31. The molecule has 0 spiro atoms. The van der Waals surface area contributed by atoms with Gasteiger partial charge in [0, 0.05) is 19.9 Å². The SMILES string of the molecule is CCNC(Cc1ccc(Br)cc1)c1cc(Br)c(Cl)s1. The molecule has 1 aromatic carbocycles. The Kier molecular flexibility index (Phi) is 5.90. The van der Waals surface area contributed by atoms with Crippen LogP contribution in [-0.2, 0) is 6.42 Å². The van der Waals surface area contributed by atoms with Crippen molar-refractivity contribution in [3.05, 3.63) is 54.1 Å². The minimum Gasteiger partial charge on any atom is -0.309 e. The van der Waals surface area contributed by atoms with Gasteiger partial charge in [-0.2, -0.15) is 0 Å².